The van der Waals surface area contributed by atoms with Gasteiger partial charge in [-0.25, -0.2) is 0 Å². The van der Waals surface area contributed by atoms with Crippen LogP contribution in [0.1, 0.15) is 44.1 Å². The number of rotatable bonds is 6. The number of nitrogens with two attached hydrogens (primary N) is 1. The Morgan fingerprint density at radius 2 is 2.00 bits per heavy atom. The Kier molecular flexibility index (Phi) is 5.81. The van der Waals surface area contributed by atoms with E-state index in [1.807, 2.05) is 18.2 Å². The second-order valence-electron chi connectivity index (χ2n) is 6.96. The van der Waals surface area contributed by atoms with Gasteiger partial charge in [-0.2, -0.15) is 0 Å². The van der Waals surface area contributed by atoms with Crippen molar-refractivity contribution >= 4 is 5.91 Å². The van der Waals surface area contributed by atoms with Gasteiger partial charge in [-0.15, -0.1) is 0 Å². The Labute approximate surface area is 149 Å². The first kappa shape index (κ1) is 18.0. The maximum Gasteiger partial charge on any atom is 0.240 e. The van der Waals surface area contributed by atoms with Crippen molar-refractivity contribution in [2.45, 2.75) is 56.7 Å². The van der Waals surface area contributed by atoms with Crippen LogP contribution in [0.5, 0.6) is 11.5 Å². The second-order valence-corrected chi connectivity index (χ2v) is 6.96. The lowest BCUT2D eigenvalue weighted by Gasteiger charge is -2.31. The molecule has 0 spiro atoms. The summed E-state index contributed by atoms with van der Waals surface area (Å²) < 4.78 is 16.8. The van der Waals surface area contributed by atoms with Gasteiger partial charge in [0.2, 0.25) is 5.91 Å². The zero-order valence-electron chi connectivity index (χ0n) is 14.9. The standard InChI is InChI=1S/C19H28N2O4/c1-23-17-12-14(6-7-16(17)25-15-4-2-3-5-15)13-21-18(22)19(20)8-10-24-11-9-19/h6-7,12,15H,2-5,8-11,13,20H2,1H3,(H,21,22). The van der Waals surface area contributed by atoms with E-state index in [0.717, 1.165) is 24.2 Å². The number of amides is 1. The summed E-state index contributed by atoms with van der Waals surface area (Å²) in [6, 6.07) is 5.79. The smallest absolute Gasteiger partial charge is 0.240 e. The van der Waals surface area contributed by atoms with Crippen molar-refractivity contribution < 1.29 is 19.0 Å². The molecule has 0 radical (unpaired) electrons. The lowest BCUT2D eigenvalue weighted by atomic mass is 9.90. The molecule has 0 bridgehead atoms. The number of benzene rings is 1. The molecule has 2 fully saturated rings. The summed E-state index contributed by atoms with van der Waals surface area (Å²) >= 11 is 0. The molecule has 3 N–H and O–H groups in total. The third-order valence-electron chi connectivity index (χ3n) is 5.11. The maximum absolute atomic E-state index is 12.4. The fourth-order valence-corrected chi connectivity index (χ4v) is 3.43. The molecule has 6 heteroatoms. The van der Waals surface area contributed by atoms with Crippen LogP contribution in [0.3, 0.4) is 0 Å². The lowest BCUT2D eigenvalue weighted by molar-refractivity contribution is -0.129. The van der Waals surface area contributed by atoms with Crippen LogP contribution in [0, 0.1) is 0 Å². The van der Waals surface area contributed by atoms with Crippen LogP contribution in [0.25, 0.3) is 0 Å². The van der Waals surface area contributed by atoms with E-state index < -0.39 is 5.54 Å². The Balaban J connectivity index is 1.59. The molecule has 3 rings (SSSR count). The zero-order chi connectivity index (χ0) is 17.7. The summed E-state index contributed by atoms with van der Waals surface area (Å²) in [5.74, 6) is 1.34. The number of hydrogen-bond donors (Lipinski definition) is 2. The molecule has 2 aliphatic rings. The topological polar surface area (TPSA) is 82.8 Å². The summed E-state index contributed by atoms with van der Waals surface area (Å²) in [7, 11) is 1.64. The molecule has 138 valence electrons. The molecule has 1 aromatic carbocycles. The molecule has 25 heavy (non-hydrogen) atoms. The highest BCUT2D eigenvalue weighted by Crippen LogP contribution is 2.32. The van der Waals surface area contributed by atoms with E-state index in [0.29, 0.717) is 38.3 Å². The SMILES string of the molecule is COc1cc(CNC(=O)C2(N)CCOCC2)ccc1OC1CCCC1. The van der Waals surface area contributed by atoms with E-state index >= 15 is 0 Å². The van der Waals surface area contributed by atoms with Crippen LogP contribution in [-0.4, -0.2) is 37.9 Å². The second kappa shape index (κ2) is 8.06. The van der Waals surface area contributed by atoms with Crippen molar-refractivity contribution in [2.24, 2.45) is 5.73 Å². The van der Waals surface area contributed by atoms with Crippen LogP contribution in [0.15, 0.2) is 18.2 Å². The van der Waals surface area contributed by atoms with Crippen molar-refractivity contribution in [1.82, 2.24) is 5.32 Å². The van der Waals surface area contributed by atoms with E-state index in [1.165, 1.54) is 12.8 Å². The third-order valence-corrected chi connectivity index (χ3v) is 5.11. The molecule has 1 heterocycles. The highest BCUT2D eigenvalue weighted by molar-refractivity contribution is 5.86. The van der Waals surface area contributed by atoms with Crippen molar-refractivity contribution in [3.05, 3.63) is 23.8 Å². The summed E-state index contributed by atoms with van der Waals surface area (Å²) in [6.45, 7) is 1.48. The first-order valence-corrected chi connectivity index (χ1v) is 9.09. The van der Waals surface area contributed by atoms with Crippen molar-refractivity contribution in [1.29, 1.82) is 0 Å². The number of methoxy groups -OCH3 is 1. The molecular weight excluding hydrogens is 320 g/mol. The van der Waals surface area contributed by atoms with Gasteiger partial charge in [0.15, 0.2) is 11.5 Å². The monoisotopic (exact) mass is 348 g/mol. The van der Waals surface area contributed by atoms with Gasteiger partial charge in [0, 0.05) is 19.8 Å². The van der Waals surface area contributed by atoms with Crippen LogP contribution >= 0.6 is 0 Å². The van der Waals surface area contributed by atoms with Crippen LogP contribution in [-0.2, 0) is 16.1 Å². The van der Waals surface area contributed by atoms with Gasteiger partial charge in [0.1, 0.15) is 0 Å². The summed E-state index contributed by atoms with van der Waals surface area (Å²) in [4.78, 5) is 12.4. The Hall–Kier alpha value is -1.79. The average molecular weight is 348 g/mol. The van der Waals surface area contributed by atoms with E-state index in [-0.39, 0.29) is 12.0 Å². The van der Waals surface area contributed by atoms with Gasteiger partial charge in [-0.3, -0.25) is 4.79 Å². The quantitative estimate of drug-likeness (QED) is 0.823. The number of nitrogens with one attached hydrogen (secondary N) is 1. The molecule has 1 amide bonds. The summed E-state index contributed by atoms with van der Waals surface area (Å²) in [5.41, 5.74) is 6.33. The van der Waals surface area contributed by atoms with Crippen molar-refractivity contribution in [2.75, 3.05) is 20.3 Å². The minimum atomic E-state index is -0.826. The first-order chi connectivity index (χ1) is 12.1. The minimum Gasteiger partial charge on any atom is -0.493 e. The van der Waals surface area contributed by atoms with Crippen molar-refractivity contribution in [3.63, 3.8) is 0 Å². The number of ether oxygens (including phenoxy) is 3. The number of hydrogen-bond acceptors (Lipinski definition) is 5. The minimum absolute atomic E-state index is 0.124. The van der Waals surface area contributed by atoms with E-state index in [1.54, 1.807) is 7.11 Å². The third kappa shape index (κ3) is 4.44. The Morgan fingerprint density at radius 3 is 2.68 bits per heavy atom. The highest BCUT2D eigenvalue weighted by atomic mass is 16.5. The van der Waals surface area contributed by atoms with Gasteiger partial charge < -0.3 is 25.3 Å². The fourth-order valence-electron chi connectivity index (χ4n) is 3.43. The molecule has 6 nitrogen and oxygen atoms in total. The Bertz CT molecular complexity index is 593. The first-order valence-electron chi connectivity index (χ1n) is 9.09. The molecule has 0 unspecified atom stereocenters. The van der Waals surface area contributed by atoms with Crippen LogP contribution in [0.4, 0.5) is 0 Å². The molecule has 0 atom stereocenters. The van der Waals surface area contributed by atoms with Crippen LogP contribution in [0.2, 0.25) is 0 Å². The predicted octanol–water partition coefficient (Wildman–Crippen LogP) is 2.14. The van der Waals surface area contributed by atoms with Gasteiger partial charge >= 0.3 is 0 Å². The molecule has 1 aromatic rings. The fraction of sp³-hybridized carbons (Fsp3) is 0.632. The highest BCUT2D eigenvalue weighted by Gasteiger charge is 2.35. The van der Waals surface area contributed by atoms with Crippen LogP contribution < -0.4 is 20.5 Å². The summed E-state index contributed by atoms with van der Waals surface area (Å²) in [5, 5.41) is 2.94. The van der Waals surface area contributed by atoms with Gasteiger partial charge in [0.05, 0.1) is 18.8 Å². The number of carbonyl (C=O) groups excluding carboxylic acids is 1. The molecule has 1 aliphatic carbocycles. The molecular formula is C19H28N2O4. The van der Waals surface area contributed by atoms with Crippen molar-refractivity contribution in [3.8, 4) is 11.5 Å². The lowest BCUT2D eigenvalue weighted by Crippen LogP contribution is -2.56. The normalized spacial score (nSPS) is 20.2. The number of carbonyl (C=O) groups is 1. The average Bonchev–Trinajstić information content (AvgIpc) is 3.14. The molecule has 1 saturated carbocycles. The largest absolute Gasteiger partial charge is 0.493 e. The zero-order valence-corrected chi connectivity index (χ0v) is 14.9. The van der Waals surface area contributed by atoms with Gasteiger partial charge in [0.25, 0.3) is 0 Å². The molecule has 1 saturated heterocycles. The summed E-state index contributed by atoms with van der Waals surface area (Å²) in [6.07, 6.45) is 6.04. The van der Waals surface area contributed by atoms with E-state index in [9.17, 15) is 4.79 Å². The predicted molar refractivity (Wildman–Crippen MR) is 94.7 cm³/mol. The Morgan fingerprint density at radius 1 is 1.28 bits per heavy atom. The van der Waals surface area contributed by atoms with Gasteiger partial charge in [-0.1, -0.05) is 6.07 Å². The maximum atomic E-state index is 12.4. The van der Waals surface area contributed by atoms with E-state index in [2.05, 4.69) is 5.32 Å². The van der Waals surface area contributed by atoms with E-state index in [4.69, 9.17) is 19.9 Å². The molecule has 1 aliphatic heterocycles. The molecule has 0 aromatic heterocycles. The van der Waals surface area contributed by atoms with Gasteiger partial charge in [-0.05, 0) is 56.2 Å².